The first-order chi connectivity index (χ1) is 11.6. The van der Waals surface area contributed by atoms with Crippen molar-refractivity contribution in [3.63, 3.8) is 0 Å². The van der Waals surface area contributed by atoms with Gasteiger partial charge in [-0.25, -0.2) is 9.78 Å². The van der Waals surface area contributed by atoms with Gasteiger partial charge in [-0.05, 0) is 38.1 Å². The summed E-state index contributed by atoms with van der Waals surface area (Å²) in [5.74, 6) is 1.15. The minimum Gasteiger partial charge on any atom is -0.328 e. The van der Waals surface area contributed by atoms with Gasteiger partial charge in [0, 0.05) is 23.6 Å². The zero-order chi connectivity index (χ0) is 16.9. The highest BCUT2D eigenvalue weighted by Gasteiger charge is 2.14. The molecule has 1 aromatic carbocycles. The average Bonchev–Trinajstić information content (AvgIpc) is 3.08. The number of aromatic amines is 1. The Balaban J connectivity index is 1.62. The molecule has 0 saturated carbocycles. The standard InChI is InChI=1S/C17H18N6O/c1-11-3-5-14(6-4-11)20-17(24)19-12(2)15-21-16(23-22-15)13-7-9-18-10-8-13/h3-10,12H,1-2H3,(H2,19,20,24)(H,21,22,23). The number of amides is 2. The number of anilines is 1. The van der Waals surface area contributed by atoms with E-state index in [9.17, 15) is 4.79 Å². The third-order valence-corrected chi connectivity index (χ3v) is 3.51. The summed E-state index contributed by atoms with van der Waals surface area (Å²) in [6, 6.07) is 10.6. The van der Waals surface area contributed by atoms with Crippen LogP contribution in [0.4, 0.5) is 10.5 Å². The Hall–Kier alpha value is -3.22. The number of nitrogens with one attached hydrogen (secondary N) is 3. The summed E-state index contributed by atoms with van der Waals surface area (Å²) < 4.78 is 0. The van der Waals surface area contributed by atoms with Crippen molar-refractivity contribution < 1.29 is 4.79 Å². The van der Waals surface area contributed by atoms with Gasteiger partial charge in [-0.15, -0.1) is 0 Å². The molecule has 0 bridgehead atoms. The molecule has 3 rings (SSSR count). The predicted octanol–water partition coefficient (Wildman–Crippen LogP) is 3.06. The number of rotatable bonds is 4. The molecule has 2 amide bonds. The number of carbonyl (C=O) groups excluding carboxylic acids is 1. The number of aromatic nitrogens is 4. The number of hydrogen-bond donors (Lipinski definition) is 3. The van der Waals surface area contributed by atoms with Crippen LogP contribution < -0.4 is 10.6 Å². The van der Waals surface area contributed by atoms with Gasteiger partial charge in [0.25, 0.3) is 0 Å². The highest BCUT2D eigenvalue weighted by atomic mass is 16.2. The van der Waals surface area contributed by atoms with Gasteiger partial charge in [-0.1, -0.05) is 17.7 Å². The molecule has 3 aromatic rings. The van der Waals surface area contributed by atoms with Gasteiger partial charge < -0.3 is 10.6 Å². The SMILES string of the molecule is Cc1ccc(NC(=O)NC(C)c2nc(-c3ccncc3)n[nH]2)cc1. The Morgan fingerprint density at radius 1 is 1.12 bits per heavy atom. The molecular weight excluding hydrogens is 304 g/mol. The van der Waals surface area contributed by atoms with Crippen LogP contribution >= 0.6 is 0 Å². The van der Waals surface area contributed by atoms with Gasteiger partial charge in [0.1, 0.15) is 5.82 Å². The Morgan fingerprint density at radius 2 is 1.83 bits per heavy atom. The second kappa shape index (κ2) is 6.91. The van der Waals surface area contributed by atoms with E-state index in [0.29, 0.717) is 11.6 Å². The van der Waals surface area contributed by atoms with Gasteiger partial charge >= 0.3 is 6.03 Å². The van der Waals surface area contributed by atoms with Crippen LogP contribution in [0, 0.1) is 6.92 Å². The lowest BCUT2D eigenvalue weighted by Crippen LogP contribution is -2.31. The lowest BCUT2D eigenvalue weighted by molar-refractivity contribution is 0.249. The number of carbonyl (C=O) groups is 1. The number of urea groups is 1. The fourth-order valence-corrected chi connectivity index (χ4v) is 2.17. The monoisotopic (exact) mass is 322 g/mol. The summed E-state index contributed by atoms with van der Waals surface area (Å²) in [6.07, 6.45) is 3.37. The molecule has 0 aliphatic rings. The van der Waals surface area contributed by atoms with Crippen LogP contribution in [0.2, 0.25) is 0 Å². The van der Waals surface area contributed by atoms with Crippen LogP contribution in [0.15, 0.2) is 48.8 Å². The van der Waals surface area contributed by atoms with Crippen LogP contribution in [-0.2, 0) is 0 Å². The third-order valence-electron chi connectivity index (χ3n) is 3.51. The van der Waals surface area contributed by atoms with Crippen LogP contribution in [0.5, 0.6) is 0 Å². The lowest BCUT2D eigenvalue weighted by Gasteiger charge is -2.12. The zero-order valence-electron chi connectivity index (χ0n) is 13.4. The van der Waals surface area contributed by atoms with Crippen LogP contribution in [-0.4, -0.2) is 26.2 Å². The molecule has 0 radical (unpaired) electrons. The lowest BCUT2D eigenvalue weighted by atomic mass is 10.2. The second-order valence-corrected chi connectivity index (χ2v) is 5.47. The minimum absolute atomic E-state index is 0.298. The van der Waals surface area contributed by atoms with Crippen molar-refractivity contribution in [1.82, 2.24) is 25.5 Å². The minimum atomic E-state index is -0.307. The molecule has 1 unspecified atom stereocenters. The van der Waals surface area contributed by atoms with Crippen molar-refractivity contribution >= 4 is 11.7 Å². The Bertz CT molecular complexity index is 813. The molecule has 122 valence electrons. The van der Waals surface area contributed by atoms with E-state index >= 15 is 0 Å². The van der Waals surface area contributed by atoms with Crippen LogP contribution in [0.25, 0.3) is 11.4 Å². The number of H-pyrrole nitrogens is 1. The largest absolute Gasteiger partial charge is 0.328 e. The number of aryl methyl sites for hydroxylation is 1. The van der Waals surface area contributed by atoms with Crippen LogP contribution in [0.1, 0.15) is 24.4 Å². The van der Waals surface area contributed by atoms with Crippen molar-refractivity contribution in [2.24, 2.45) is 0 Å². The van der Waals surface area contributed by atoms with Gasteiger partial charge in [0.2, 0.25) is 0 Å². The molecule has 2 heterocycles. The van der Waals surface area contributed by atoms with E-state index in [0.717, 1.165) is 16.8 Å². The highest BCUT2D eigenvalue weighted by Crippen LogP contribution is 2.16. The van der Waals surface area contributed by atoms with Crippen molar-refractivity contribution in [3.8, 4) is 11.4 Å². The molecule has 2 aromatic heterocycles. The molecule has 0 aliphatic heterocycles. The quantitative estimate of drug-likeness (QED) is 0.688. The molecular formula is C17H18N6O. The Kier molecular flexibility index (Phi) is 4.51. The molecule has 0 saturated heterocycles. The van der Waals surface area contributed by atoms with Crippen molar-refractivity contribution in [2.75, 3.05) is 5.32 Å². The summed E-state index contributed by atoms with van der Waals surface area (Å²) in [4.78, 5) is 20.4. The molecule has 7 nitrogen and oxygen atoms in total. The van der Waals surface area contributed by atoms with E-state index in [1.54, 1.807) is 12.4 Å². The fourth-order valence-electron chi connectivity index (χ4n) is 2.17. The summed E-state index contributed by atoms with van der Waals surface area (Å²) >= 11 is 0. The van der Waals surface area contributed by atoms with E-state index in [2.05, 4.69) is 30.8 Å². The summed E-state index contributed by atoms with van der Waals surface area (Å²) in [6.45, 7) is 3.84. The second-order valence-electron chi connectivity index (χ2n) is 5.47. The summed E-state index contributed by atoms with van der Waals surface area (Å²) in [7, 11) is 0. The molecule has 3 N–H and O–H groups in total. The number of pyridine rings is 1. The van der Waals surface area contributed by atoms with Crippen LogP contribution in [0.3, 0.4) is 0 Å². The van der Waals surface area contributed by atoms with Crippen molar-refractivity contribution in [2.45, 2.75) is 19.9 Å². The predicted molar refractivity (Wildman–Crippen MR) is 91.4 cm³/mol. The summed E-state index contributed by atoms with van der Waals surface area (Å²) in [5.41, 5.74) is 2.74. The first kappa shape index (κ1) is 15.7. The van der Waals surface area contributed by atoms with Gasteiger partial charge in [-0.2, -0.15) is 5.10 Å². The van der Waals surface area contributed by atoms with E-state index in [-0.39, 0.29) is 12.1 Å². The zero-order valence-corrected chi connectivity index (χ0v) is 13.4. The van der Waals surface area contributed by atoms with Crippen molar-refractivity contribution in [3.05, 3.63) is 60.2 Å². The van der Waals surface area contributed by atoms with E-state index in [1.807, 2.05) is 50.2 Å². The van der Waals surface area contributed by atoms with Gasteiger partial charge in [0.05, 0.1) is 6.04 Å². The Morgan fingerprint density at radius 3 is 2.54 bits per heavy atom. The topological polar surface area (TPSA) is 95.6 Å². The van der Waals surface area contributed by atoms with E-state index < -0.39 is 0 Å². The fraction of sp³-hybridized carbons (Fsp3) is 0.176. The van der Waals surface area contributed by atoms with Gasteiger partial charge in [0.15, 0.2) is 5.82 Å². The number of hydrogen-bond acceptors (Lipinski definition) is 4. The summed E-state index contributed by atoms with van der Waals surface area (Å²) in [5, 5.41) is 12.6. The molecule has 0 fully saturated rings. The van der Waals surface area contributed by atoms with E-state index in [4.69, 9.17) is 0 Å². The maximum absolute atomic E-state index is 12.1. The van der Waals surface area contributed by atoms with E-state index in [1.165, 1.54) is 0 Å². The Labute approximate surface area is 139 Å². The average molecular weight is 322 g/mol. The smallest absolute Gasteiger partial charge is 0.319 e. The maximum Gasteiger partial charge on any atom is 0.319 e. The number of nitrogens with zero attached hydrogens (tertiary/aromatic N) is 3. The molecule has 24 heavy (non-hydrogen) atoms. The van der Waals surface area contributed by atoms with Crippen molar-refractivity contribution in [1.29, 1.82) is 0 Å². The molecule has 1 atom stereocenters. The third kappa shape index (κ3) is 3.75. The molecule has 0 aliphatic carbocycles. The normalized spacial score (nSPS) is 11.8. The number of benzene rings is 1. The first-order valence-electron chi connectivity index (χ1n) is 7.59. The highest BCUT2D eigenvalue weighted by molar-refractivity contribution is 5.89. The maximum atomic E-state index is 12.1. The van der Waals surface area contributed by atoms with Gasteiger partial charge in [-0.3, -0.25) is 10.1 Å². The molecule has 7 heteroatoms. The first-order valence-corrected chi connectivity index (χ1v) is 7.59. The molecule has 0 spiro atoms.